The summed E-state index contributed by atoms with van der Waals surface area (Å²) in [6, 6.07) is 3.10. The standard InChI is InChI=1S/C14H19F5N4.HI/c1-20-13(21-5-6-23(2)9-14(17,18)19)22-8-10-7-11(15)3-4-12(10)16;/h3-4,7H,5-6,8-9H2,1-2H3,(H2,20,21,22);1H. The smallest absolute Gasteiger partial charge is 0.355 e. The molecule has 0 fully saturated rings. The predicted molar refractivity (Wildman–Crippen MR) is 93.5 cm³/mol. The molecule has 0 atom stereocenters. The van der Waals surface area contributed by atoms with Crippen LogP contribution in [0.2, 0.25) is 0 Å². The SMILES string of the molecule is CN=C(NCCN(C)CC(F)(F)F)NCc1cc(F)ccc1F.I. The van der Waals surface area contributed by atoms with E-state index in [-0.39, 0.29) is 55.1 Å². The molecule has 0 aliphatic rings. The molecule has 0 unspecified atom stereocenters. The zero-order valence-electron chi connectivity index (χ0n) is 13.3. The summed E-state index contributed by atoms with van der Waals surface area (Å²) in [5.41, 5.74) is 0.127. The van der Waals surface area contributed by atoms with E-state index in [4.69, 9.17) is 0 Å². The Hall–Kier alpha value is -1.17. The molecular formula is C14H20F5IN4. The van der Waals surface area contributed by atoms with Gasteiger partial charge in [0.2, 0.25) is 0 Å². The topological polar surface area (TPSA) is 39.7 Å². The average molecular weight is 466 g/mol. The highest BCUT2D eigenvalue weighted by Gasteiger charge is 2.28. The van der Waals surface area contributed by atoms with Gasteiger partial charge in [0.1, 0.15) is 11.6 Å². The summed E-state index contributed by atoms with van der Waals surface area (Å²) in [5.74, 6) is -0.826. The van der Waals surface area contributed by atoms with Crippen LogP contribution in [0.25, 0.3) is 0 Å². The summed E-state index contributed by atoms with van der Waals surface area (Å²) < 4.78 is 63.0. The third-order valence-electron chi connectivity index (χ3n) is 2.91. The molecular weight excluding hydrogens is 446 g/mol. The van der Waals surface area contributed by atoms with Gasteiger partial charge in [-0.05, 0) is 25.2 Å². The van der Waals surface area contributed by atoms with E-state index in [2.05, 4.69) is 15.6 Å². The summed E-state index contributed by atoms with van der Waals surface area (Å²) in [6.07, 6.45) is -4.25. The molecule has 138 valence electrons. The van der Waals surface area contributed by atoms with E-state index in [9.17, 15) is 22.0 Å². The molecule has 0 radical (unpaired) electrons. The summed E-state index contributed by atoms with van der Waals surface area (Å²) in [4.78, 5) is 4.98. The van der Waals surface area contributed by atoms with Crippen molar-refractivity contribution in [3.05, 3.63) is 35.4 Å². The minimum Gasteiger partial charge on any atom is -0.355 e. The summed E-state index contributed by atoms with van der Waals surface area (Å²) in [6.45, 7) is -0.636. The number of nitrogens with one attached hydrogen (secondary N) is 2. The molecule has 2 N–H and O–H groups in total. The fourth-order valence-corrected chi connectivity index (χ4v) is 1.83. The lowest BCUT2D eigenvalue weighted by Gasteiger charge is -2.19. The van der Waals surface area contributed by atoms with Gasteiger partial charge in [0.05, 0.1) is 6.54 Å². The van der Waals surface area contributed by atoms with Crippen LogP contribution < -0.4 is 10.6 Å². The van der Waals surface area contributed by atoms with Crippen molar-refractivity contribution >= 4 is 29.9 Å². The minimum absolute atomic E-state index is 0. The normalized spacial score (nSPS) is 12.1. The lowest BCUT2D eigenvalue weighted by Crippen LogP contribution is -2.42. The maximum absolute atomic E-state index is 13.5. The Kier molecular flexibility index (Phi) is 10.1. The van der Waals surface area contributed by atoms with Crippen LogP contribution in [0.4, 0.5) is 22.0 Å². The number of hydrogen-bond donors (Lipinski definition) is 2. The third kappa shape index (κ3) is 9.21. The molecule has 0 amide bonds. The molecule has 0 aromatic heterocycles. The summed E-state index contributed by atoms with van der Waals surface area (Å²) in [5, 5.41) is 5.57. The number of likely N-dealkylation sites (N-methyl/N-ethyl adjacent to an activating group) is 1. The Morgan fingerprint density at radius 3 is 2.46 bits per heavy atom. The second-order valence-electron chi connectivity index (χ2n) is 4.94. The Balaban J connectivity index is 0.00000529. The van der Waals surface area contributed by atoms with Crippen LogP contribution in [0.15, 0.2) is 23.2 Å². The van der Waals surface area contributed by atoms with Crippen molar-refractivity contribution in [1.29, 1.82) is 0 Å². The first-order valence-electron chi connectivity index (χ1n) is 6.85. The molecule has 0 aliphatic heterocycles. The average Bonchev–Trinajstić information content (AvgIpc) is 2.44. The number of benzene rings is 1. The van der Waals surface area contributed by atoms with Crippen LogP contribution in [0.1, 0.15) is 5.56 Å². The van der Waals surface area contributed by atoms with Crippen LogP contribution >= 0.6 is 24.0 Å². The molecule has 10 heteroatoms. The molecule has 1 aromatic rings. The summed E-state index contributed by atoms with van der Waals surface area (Å²) >= 11 is 0. The van der Waals surface area contributed by atoms with E-state index >= 15 is 0 Å². The van der Waals surface area contributed by atoms with Crippen LogP contribution in [0, 0.1) is 11.6 Å². The van der Waals surface area contributed by atoms with Crippen LogP contribution in [0.3, 0.4) is 0 Å². The zero-order valence-corrected chi connectivity index (χ0v) is 15.6. The first-order valence-corrected chi connectivity index (χ1v) is 6.85. The van der Waals surface area contributed by atoms with Crippen molar-refractivity contribution in [3.8, 4) is 0 Å². The van der Waals surface area contributed by atoms with Gasteiger partial charge in [-0.2, -0.15) is 13.2 Å². The third-order valence-corrected chi connectivity index (χ3v) is 2.91. The van der Waals surface area contributed by atoms with Gasteiger partial charge < -0.3 is 10.6 Å². The highest BCUT2D eigenvalue weighted by Crippen LogP contribution is 2.15. The maximum Gasteiger partial charge on any atom is 0.401 e. The Bertz CT molecular complexity index is 536. The number of hydrogen-bond acceptors (Lipinski definition) is 2. The van der Waals surface area contributed by atoms with Gasteiger partial charge in [-0.15, -0.1) is 24.0 Å². The van der Waals surface area contributed by atoms with Gasteiger partial charge in [0, 0.05) is 32.2 Å². The number of guanidine groups is 1. The molecule has 4 nitrogen and oxygen atoms in total. The number of nitrogens with zero attached hydrogens (tertiary/aromatic N) is 2. The second-order valence-corrected chi connectivity index (χ2v) is 4.94. The number of aliphatic imine (C=N–C) groups is 1. The van der Waals surface area contributed by atoms with E-state index in [1.165, 1.54) is 14.1 Å². The van der Waals surface area contributed by atoms with E-state index in [0.717, 1.165) is 23.1 Å². The second kappa shape index (κ2) is 10.6. The molecule has 24 heavy (non-hydrogen) atoms. The van der Waals surface area contributed by atoms with Crippen LogP contribution in [-0.4, -0.2) is 50.8 Å². The van der Waals surface area contributed by atoms with Crippen molar-refractivity contribution in [2.75, 3.05) is 33.7 Å². The van der Waals surface area contributed by atoms with Gasteiger partial charge in [-0.25, -0.2) is 8.78 Å². The van der Waals surface area contributed by atoms with Crippen molar-refractivity contribution in [1.82, 2.24) is 15.5 Å². The molecule has 1 rings (SSSR count). The van der Waals surface area contributed by atoms with Crippen LogP contribution in [-0.2, 0) is 6.54 Å². The highest BCUT2D eigenvalue weighted by atomic mass is 127. The molecule has 0 bridgehead atoms. The van der Waals surface area contributed by atoms with Gasteiger partial charge in [0.25, 0.3) is 0 Å². The van der Waals surface area contributed by atoms with Gasteiger partial charge in [-0.1, -0.05) is 0 Å². The van der Waals surface area contributed by atoms with E-state index in [1.807, 2.05) is 0 Å². The first-order chi connectivity index (χ1) is 10.7. The number of alkyl halides is 3. The van der Waals surface area contributed by atoms with Crippen molar-refractivity contribution in [2.45, 2.75) is 12.7 Å². The fraction of sp³-hybridized carbons (Fsp3) is 0.500. The Morgan fingerprint density at radius 1 is 1.21 bits per heavy atom. The monoisotopic (exact) mass is 466 g/mol. The van der Waals surface area contributed by atoms with Gasteiger partial charge in [0.15, 0.2) is 5.96 Å². The molecule has 0 spiro atoms. The Labute approximate surface area is 154 Å². The quantitative estimate of drug-likeness (QED) is 0.293. The fourth-order valence-electron chi connectivity index (χ4n) is 1.83. The lowest BCUT2D eigenvalue weighted by molar-refractivity contribution is -0.142. The van der Waals surface area contributed by atoms with E-state index in [1.54, 1.807) is 0 Å². The van der Waals surface area contributed by atoms with E-state index in [0.29, 0.717) is 0 Å². The van der Waals surface area contributed by atoms with Crippen molar-refractivity contribution in [2.24, 2.45) is 4.99 Å². The summed E-state index contributed by atoms with van der Waals surface area (Å²) in [7, 11) is 2.82. The number of halogens is 6. The highest BCUT2D eigenvalue weighted by molar-refractivity contribution is 14.0. The van der Waals surface area contributed by atoms with Crippen molar-refractivity contribution < 1.29 is 22.0 Å². The molecule has 0 saturated heterocycles. The molecule has 1 aromatic carbocycles. The Morgan fingerprint density at radius 2 is 1.88 bits per heavy atom. The van der Waals surface area contributed by atoms with Gasteiger partial charge in [-0.3, -0.25) is 9.89 Å². The van der Waals surface area contributed by atoms with E-state index < -0.39 is 24.4 Å². The maximum atomic E-state index is 13.5. The predicted octanol–water partition coefficient (Wildman–Crippen LogP) is 2.74. The lowest BCUT2D eigenvalue weighted by atomic mass is 10.2. The largest absolute Gasteiger partial charge is 0.401 e. The minimum atomic E-state index is -4.25. The zero-order chi connectivity index (χ0) is 17.5. The van der Waals surface area contributed by atoms with Crippen molar-refractivity contribution in [3.63, 3.8) is 0 Å². The molecule has 0 aliphatic carbocycles. The van der Waals surface area contributed by atoms with Crippen LogP contribution in [0.5, 0.6) is 0 Å². The molecule has 0 saturated carbocycles. The molecule has 0 heterocycles. The number of rotatable bonds is 6. The van der Waals surface area contributed by atoms with Gasteiger partial charge >= 0.3 is 6.18 Å². The first kappa shape index (κ1) is 22.8.